The van der Waals surface area contributed by atoms with E-state index in [2.05, 4.69) is 23.9 Å². The Morgan fingerprint density at radius 1 is 1.14 bits per heavy atom. The highest BCUT2D eigenvalue weighted by Crippen LogP contribution is 2.59. The normalized spacial score (nSPS) is 28.7. The zero-order valence-electron chi connectivity index (χ0n) is 13.5. The van der Waals surface area contributed by atoms with Crippen LogP contribution in [0.25, 0.3) is 0 Å². The lowest BCUT2D eigenvalue weighted by molar-refractivity contribution is -0.142. The first-order valence-corrected chi connectivity index (χ1v) is 7.64. The molecule has 0 spiro atoms. The van der Waals surface area contributed by atoms with Crippen LogP contribution >= 0.6 is 0 Å². The molecule has 120 valence electrons. The predicted molar refractivity (Wildman–Crippen MR) is 80.0 cm³/mol. The Balaban J connectivity index is 1.83. The van der Waals surface area contributed by atoms with Crippen LogP contribution in [0.2, 0.25) is 0 Å². The lowest BCUT2D eigenvalue weighted by Crippen LogP contribution is -2.50. The molecule has 0 bridgehead atoms. The Morgan fingerprint density at radius 2 is 1.71 bits per heavy atom. The summed E-state index contributed by atoms with van der Waals surface area (Å²) in [5, 5.41) is 9.19. The zero-order valence-corrected chi connectivity index (χ0v) is 13.5. The standard InChI is InChI=1S/C15H27N3O3/c1-15(2)11(12(15)14(20)21)13(19)18-9-7-17(8-10-18)6-5-16(3)4/h11-12H,5-10H2,1-4H3,(H,20,21). The number of carbonyl (C=O) groups is 2. The van der Waals surface area contributed by atoms with Gasteiger partial charge in [-0.3, -0.25) is 14.5 Å². The van der Waals surface area contributed by atoms with Gasteiger partial charge in [-0.15, -0.1) is 0 Å². The second-order valence-corrected chi connectivity index (χ2v) is 7.09. The summed E-state index contributed by atoms with van der Waals surface area (Å²) < 4.78 is 0. The molecule has 0 radical (unpaired) electrons. The molecule has 2 atom stereocenters. The van der Waals surface area contributed by atoms with E-state index in [9.17, 15) is 14.7 Å². The molecule has 2 aliphatic rings. The van der Waals surface area contributed by atoms with Gasteiger partial charge < -0.3 is 14.9 Å². The molecule has 2 fully saturated rings. The van der Waals surface area contributed by atoms with Gasteiger partial charge in [0.15, 0.2) is 0 Å². The number of rotatable bonds is 5. The fraction of sp³-hybridized carbons (Fsp3) is 0.867. The van der Waals surface area contributed by atoms with Crippen molar-refractivity contribution in [2.75, 3.05) is 53.4 Å². The van der Waals surface area contributed by atoms with Crippen molar-refractivity contribution >= 4 is 11.9 Å². The molecule has 1 N–H and O–H groups in total. The molecule has 1 saturated heterocycles. The number of hydrogen-bond acceptors (Lipinski definition) is 4. The third-order valence-electron chi connectivity index (χ3n) is 4.91. The van der Waals surface area contributed by atoms with Crippen LogP contribution in [0.3, 0.4) is 0 Å². The molecule has 1 aliphatic heterocycles. The van der Waals surface area contributed by atoms with Crippen LogP contribution in [0.5, 0.6) is 0 Å². The minimum absolute atomic E-state index is 0.0275. The quantitative estimate of drug-likeness (QED) is 0.777. The number of nitrogens with zero attached hydrogens (tertiary/aromatic N) is 3. The summed E-state index contributed by atoms with van der Waals surface area (Å²) in [6.45, 7) is 8.97. The first-order valence-electron chi connectivity index (χ1n) is 7.64. The Hall–Kier alpha value is -1.14. The SMILES string of the molecule is CN(C)CCN1CCN(C(=O)C2C(C(=O)O)C2(C)C)CC1. The fourth-order valence-electron chi connectivity index (χ4n) is 3.29. The monoisotopic (exact) mass is 297 g/mol. The second-order valence-electron chi connectivity index (χ2n) is 7.09. The predicted octanol–water partition coefficient (Wildman–Crippen LogP) is 0.0490. The topological polar surface area (TPSA) is 64.1 Å². The van der Waals surface area contributed by atoms with Crippen molar-refractivity contribution in [3.8, 4) is 0 Å². The molecule has 0 aromatic carbocycles. The van der Waals surface area contributed by atoms with E-state index < -0.39 is 17.3 Å². The van der Waals surface area contributed by atoms with Crippen LogP contribution < -0.4 is 0 Å². The van der Waals surface area contributed by atoms with E-state index in [0.717, 1.165) is 26.2 Å². The van der Waals surface area contributed by atoms with Crippen molar-refractivity contribution in [2.24, 2.45) is 17.3 Å². The van der Waals surface area contributed by atoms with E-state index in [1.165, 1.54) is 0 Å². The third kappa shape index (κ3) is 3.37. The molecule has 1 saturated carbocycles. The highest BCUT2D eigenvalue weighted by molar-refractivity contribution is 5.91. The van der Waals surface area contributed by atoms with E-state index in [0.29, 0.717) is 13.1 Å². The summed E-state index contributed by atoms with van der Waals surface area (Å²) in [6.07, 6.45) is 0. The van der Waals surface area contributed by atoms with Crippen LogP contribution in [0.4, 0.5) is 0 Å². The molecule has 2 rings (SSSR count). The largest absolute Gasteiger partial charge is 0.481 e. The van der Waals surface area contributed by atoms with Gasteiger partial charge in [0.2, 0.25) is 5.91 Å². The number of carboxylic acids is 1. The summed E-state index contributed by atoms with van der Waals surface area (Å²) in [4.78, 5) is 30.1. The van der Waals surface area contributed by atoms with E-state index in [1.807, 2.05) is 18.7 Å². The summed E-state index contributed by atoms with van der Waals surface area (Å²) >= 11 is 0. The van der Waals surface area contributed by atoms with Gasteiger partial charge in [0.05, 0.1) is 11.8 Å². The number of hydrogen-bond donors (Lipinski definition) is 1. The lowest BCUT2D eigenvalue weighted by atomic mass is 10.1. The Kier molecular flexibility index (Phi) is 4.58. The van der Waals surface area contributed by atoms with Gasteiger partial charge in [-0.1, -0.05) is 13.8 Å². The van der Waals surface area contributed by atoms with Crippen LogP contribution in [0, 0.1) is 17.3 Å². The molecule has 0 aromatic heterocycles. The maximum absolute atomic E-state index is 12.5. The number of likely N-dealkylation sites (N-methyl/N-ethyl adjacent to an activating group) is 1. The first-order chi connectivity index (χ1) is 9.75. The number of aliphatic carboxylic acids is 1. The molecular formula is C15H27N3O3. The van der Waals surface area contributed by atoms with Crippen molar-refractivity contribution in [1.29, 1.82) is 0 Å². The van der Waals surface area contributed by atoms with Crippen molar-refractivity contribution in [3.63, 3.8) is 0 Å². The van der Waals surface area contributed by atoms with Gasteiger partial charge in [-0.2, -0.15) is 0 Å². The highest BCUT2D eigenvalue weighted by atomic mass is 16.4. The Bertz CT molecular complexity index is 414. The summed E-state index contributed by atoms with van der Waals surface area (Å²) in [7, 11) is 4.11. The molecule has 21 heavy (non-hydrogen) atoms. The Labute approximate surface area is 126 Å². The minimum Gasteiger partial charge on any atom is -0.481 e. The molecule has 1 amide bonds. The highest BCUT2D eigenvalue weighted by Gasteiger charge is 2.66. The molecule has 1 heterocycles. The average molecular weight is 297 g/mol. The lowest BCUT2D eigenvalue weighted by Gasteiger charge is -2.35. The number of carbonyl (C=O) groups excluding carboxylic acids is 1. The maximum Gasteiger partial charge on any atom is 0.307 e. The maximum atomic E-state index is 12.5. The summed E-state index contributed by atoms with van der Waals surface area (Å²) in [6, 6.07) is 0. The number of carboxylic acid groups (broad SMARTS) is 1. The molecule has 2 unspecified atom stereocenters. The second kappa shape index (κ2) is 5.93. The van der Waals surface area contributed by atoms with Gasteiger partial charge in [0.25, 0.3) is 0 Å². The van der Waals surface area contributed by atoms with Crippen molar-refractivity contribution < 1.29 is 14.7 Å². The van der Waals surface area contributed by atoms with E-state index in [1.54, 1.807) is 0 Å². The molecule has 1 aliphatic carbocycles. The van der Waals surface area contributed by atoms with Crippen molar-refractivity contribution in [2.45, 2.75) is 13.8 Å². The van der Waals surface area contributed by atoms with E-state index >= 15 is 0 Å². The minimum atomic E-state index is -0.844. The van der Waals surface area contributed by atoms with Gasteiger partial charge in [-0.25, -0.2) is 0 Å². The van der Waals surface area contributed by atoms with Crippen LogP contribution in [0.1, 0.15) is 13.8 Å². The van der Waals surface area contributed by atoms with Crippen LogP contribution in [-0.2, 0) is 9.59 Å². The van der Waals surface area contributed by atoms with Crippen molar-refractivity contribution in [1.82, 2.24) is 14.7 Å². The molecule has 6 heteroatoms. The molecule has 0 aromatic rings. The van der Waals surface area contributed by atoms with E-state index in [4.69, 9.17) is 0 Å². The van der Waals surface area contributed by atoms with Gasteiger partial charge in [0, 0.05) is 39.3 Å². The Morgan fingerprint density at radius 3 is 2.14 bits per heavy atom. The number of amides is 1. The third-order valence-corrected chi connectivity index (χ3v) is 4.91. The zero-order chi connectivity index (χ0) is 15.8. The fourth-order valence-corrected chi connectivity index (χ4v) is 3.29. The van der Waals surface area contributed by atoms with E-state index in [-0.39, 0.29) is 11.8 Å². The first kappa shape index (κ1) is 16.2. The summed E-state index contributed by atoms with van der Waals surface area (Å²) in [5.41, 5.74) is -0.398. The smallest absolute Gasteiger partial charge is 0.307 e. The van der Waals surface area contributed by atoms with Gasteiger partial charge in [0.1, 0.15) is 0 Å². The summed E-state index contributed by atoms with van der Waals surface area (Å²) in [5.74, 6) is -1.68. The van der Waals surface area contributed by atoms with Gasteiger partial charge in [-0.05, 0) is 19.5 Å². The molecule has 6 nitrogen and oxygen atoms in total. The van der Waals surface area contributed by atoms with Crippen molar-refractivity contribution in [3.05, 3.63) is 0 Å². The number of piperazine rings is 1. The average Bonchev–Trinajstić information content (AvgIpc) is 2.99. The van der Waals surface area contributed by atoms with Crippen LogP contribution in [0.15, 0.2) is 0 Å². The van der Waals surface area contributed by atoms with Gasteiger partial charge >= 0.3 is 5.97 Å². The van der Waals surface area contributed by atoms with Crippen LogP contribution in [-0.4, -0.2) is 85.0 Å². The molecular weight excluding hydrogens is 270 g/mol.